The first-order valence-corrected chi connectivity index (χ1v) is 6.50. The lowest BCUT2D eigenvalue weighted by Gasteiger charge is -2.07. The Morgan fingerprint density at radius 3 is 2.80 bits per heavy atom. The smallest absolute Gasteiger partial charge is 0.255 e. The van der Waals surface area contributed by atoms with E-state index in [2.05, 4.69) is 15.3 Å². The molecule has 0 aliphatic rings. The minimum absolute atomic E-state index is 0.261. The fraction of sp³-hybridized carbons (Fsp3) is 0.214. The SMILES string of the molecule is CCOc1ccc(NC(=O)c2cc(C)nc(Cl)c2)cn1. The van der Waals surface area contributed by atoms with E-state index in [9.17, 15) is 4.79 Å². The first-order valence-electron chi connectivity index (χ1n) is 6.13. The molecule has 1 amide bonds. The Morgan fingerprint density at radius 1 is 1.40 bits per heavy atom. The molecule has 0 atom stereocenters. The highest BCUT2D eigenvalue weighted by Crippen LogP contribution is 2.15. The van der Waals surface area contributed by atoms with E-state index in [1.165, 1.54) is 6.07 Å². The number of halogens is 1. The molecule has 104 valence electrons. The summed E-state index contributed by atoms with van der Waals surface area (Å²) in [6.45, 7) is 4.21. The van der Waals surface area contributed by atoms with Gasteiger partial charge >= 0.3 is 0 Å². The Balaban J connectivity index is 2.10. The van der Waals surface area contributed by atoms with Crippen LogP contribution in [0.1, 0.15) is 23.0 Å². The van der Waals surface area contributed by atoms with E-state index in [1.54, 1.807) is 31.3 Å². The highest BCUT2D eigenvalue weighted by molar-refractivity contribution is 6.29. The van der Waals surface area contributed by atoms with Gasteiger partial charge in [-0.05, 0) is 32.0 Å². The summed E-state index contributed by atoms with van der Waals surface area (Å²) in [6.07, 6.45) is 1.54. The van der Waals surface area contributed by atoms with Crippen LogP contribution in [0.4, 0.5) is 5.69 Å². The van der Waals surface area contributed by atoms with Crippen LogP contribution >= 0.6 is 11.6 Å². The van der Waals surface area contributed by atoms with Crippen molar-refractivity contribution < 1.29 is 9.53 Å². The molecule has 20 heavy (non-hydrogen) atoms. The second-order valence-electron chi connectivity index (χ2n) is 4.09. The summed E-state index contributed by atoms with van der Waals surface area (Å²) in [5.41, 5.74) is 1.73. The number of aryl methyl sites for hydroxylation is 1. The Kier molecular flexibility index (Phi) is 4.53. The predicted octanol–water partition coefficient (Wildman–Crippen LogP) is 3.09. The number of carbonyl (C=O) groups is 1. The van der Waals surface area contributed by atoms with Gasteiger partial charge in [0, 0.05) is 17.3 Å². The van der Waals surface area contributed by atoms with E-state index < -0.39 is 0 Å². The van der Waals surface area contributed by atoms with Crippen LogP contribution in [0.15, 0.2) is 30.5 Å². The van der Waals surface area contributed by atoms with Gasteiger partial charge in [-0.3, -0.25) is 4.79 Å². The number of nitrogens with zero attached hydrogens (tertiary/aromatic N) is 2. The zero-order chi connectivity index (χ0) is 14.5. The number of pyridine rings is 2. The highest BCUT2D eigenvalue weighted by atomic mass is 35.5. The lowest BCUT2D eigenvalue weighted by Crippen LogP contribution is -2.12. The average molecular weight is 292 g/mol. The Bertz CT molecular complexity index is 594. The zero-order valence-corrected chi connectivity index (χ0v) is 11.9. The van der Waals surface area contributed by atoms with Gasteiger partial charge in [-0.25, -0.2) is 9.97 Å². The number of hydrogen-bond acceptors (Lipinski definition) is 4. The third-order valence-electron chi connectivity index (χ3n) is 2.47. The molecule has 5 nitrogen and oxygen atoms in total. The number of anilines is 1. The summed E-state index contributed by atoms with van der Waals surface area (Å²) in [7, 11) is 0. The molecule has 2 aromatic heterocycles. The van der Waals surface area contributed by atoms with Gasteiger partial charge in [-0.15, -0.1) is 0 Å². The molecule has 0 aliphatic carbocycles. The molecule has 1 N–H and O–H groups in total. The Labute approximate surface area is 122 Å². The standard InChI is InChI=1S/C14H14ClN3O2/c1-3-20-13-5-4-11(8-16-13)18-14(19)10-6-9(2)17-12(15)7-10/h4-8H,3H2,1-2H3,(H,18,19). The molecule has 0 fully saturated rings. The van der Waals surface area contributed by atoms with Crippen LogP contribution in [0.5, 0.6) is 5.88 Å². The van der Waals surface area contributed by atoms with Crippen LogP contribution in [0, 0.1) is 6.92 Å². The number of aromatic nitrogens is 2. The van der Waals surface area contributed by atoms with Crippen molar-refractivity contribution in [3.63, 3.8) is 0 Å². The quantitative estimate of drug-likeness (QED) is 0.879. The molecule has 0 radical (unpaired) electrons. The van der Waals surface area contributed by atoms with Crippen molar-refractivity contribution in [2.24, 2.45) is 0 Å². The first-order chi connectivity index (χ1) is 9.58. The molecule has 0 aliphatic heterocycles. The normalized spacial score (nSPS) is 10.2. The lowest BCUT2D eigenvalue weighted by molar-refractivity contribution is 0.102. The minimum Gasteiger partial charge on any atom is -0.478 e. The maximum absolute atomic E-state index is 12.1. The summed E-state index contributed by atoms with van der Waals surface area (Å²) >= 11 is 5.83. The fourth-order valence-electron chi connectivity index (χ4n) is 1.65. The molecule has 2 heterocycles. The summed E-state index contributed by atoms with van der Waals surface area (Å²) < 4.78 is 5.23. The first kappa shape index (κ1) is 14.3. The van der Waals surface area contributed by atoms with Gasteiger partial charge in [-0.1, -0.05) is 11.6 Å². The molecule has 2 rings (SSSR count). The third-order valence-corrected chi connectivity index (χ3v) is 2.66. The molecule has 0 spiro atoms. The van der Waals surface area contributed by atoms with Crippen molar-refractivity contribution >= 4 is 23.2 Å². The maximum atomic E-state index is 12.1. The van der Waals surface area contributed by atoms with Crippen LogP contribution in [0.2, 0.25) is 5.15 Å². The zero-order valence-electron chi connectivity index (χ0n) is 11.2. The van der Waals surface area contributed by atoms with Crippen molar-refractivity contribution in [3.8, 4) is 5.88 Å². The molecule has 2 aromatic rings. The van der Waals surface area contributed by atoms with Gasteiger partial charge in [-0.2, -0.15) is 0 Å². The molecular weight excluding hydrogens is 278 g/mol. The molecule has 0 bridgehead atoms. The van der Waals surface area contributed by atoms with Crippen LogP contribution < -0.4 is 10.1 Å². The largest absolute Gasteiger partial charge is 0.478 e. The topological polar surface area (TPSA) is 64.1 Å². The maximum Gasteiger partial charge on any atom is 0.255 e. The van der Waals surface area contributed by atoms with Crippen LogP contribution in [0.25, 0.3) is 0 Å². The van der Waals surface area contributed by atoms with E-state index in [1.807, 2.05) is 6.92 Å². The predicted molar refractivity (Wildman–Crippen MR) is 77.3 cm³/mol. The third kappa shape index (κ3) is 3.68. The number of rotatable bonds is 4. The van der Waals surface area contributed by atoms with Gasteiger partial charge in [0.05, 0.1) is 18.5 Å². The Morgan fingerprint density at radius 2 is 2.20 bits per heavy atom. The van der Waals surface area contributed by atoms with Crippen LogP contribution in [-0.4, -0.2) is 22.5 Å². The molecule has 0 saturated heterocycles. The molecule has 0 aromatic carbocycles. The number of amides is 1. The van der Waals surface area contributed by atoms with E-state index in [0.29, 0.717) is 34.6 Å². The number of hydrogen-bond donors (Lipinski definition) is 1. The van der Waals surface area contributed by atoms with Gasteiger partial charge < -0.3 is 10.1 Å². The molecule has 0 saturated carbocycles. The second-order valence-corrected chi connectivity index (χ2v) is 4.48. The van der Waals surface area contributed by atoms with Gasteiger partial charge in [0.25, 0.3) is 5.91 Å². The lowest BCUT2D eigenvalue weighted by atomic mass is 10.2. The highest BCUT2D eigenvalue weighted by Gasteiger charge is 2.08. The summed E-state index contributed by atoms with van der Waals surface area (Å²) in [6, 6.07) is 6.62. The van der Waals surface area contributed by atoms with E-state index in [-0.39, 0.29) is 5.91 Å². The fourth-order valence-corrected chi connectivity index (χ4v) is 1.90. The summed E-state index contributed by atoms with van der Waals surface area (Å²) in [5, 5.41) is 3.03. The number of carbonyl (C=O) groups excluding carboxylic acids is 1. The van der Waals surface area contributed by atoms with Crippen molar-refractivity contribution in [1.82, 2.24) is 9.97 Å². The summed E-state index contributed by atoms with van der Waals surface area (Å²) in [5.74, 6) is 0.261. The van der Waals surface area contributed by atoms with Gasteiger partial charge in [0.2, 0.25) is 5.88 Å². The molecular formula is C14H14ClN3O2. The van der Waals surface area contributed by atoms with Gasteiger partial charge in [0.15, 0.2) is 0 Å². The van der Waals surface area contributed by atoms with E-state index in [0.717, 1.165) is 0 Å². The molecule has 6 heteroatoms. The van der Waals surface area contributed by atoms with Crippen LogP contribution in [0.3, 0.4) is 0 Å². The van der Waals surface area contributed by atoms with Crippen molar-refractivity contribution in [2.75, 3.05) is 11.9 Å². The molecule has 0 unspecified atom stereocenters. The number of nitrogens with one attached hydrogen (secondary N) is 1. The minimum atomic E-state index is -0.261. The van der Waals surface area contributed by atoms with E-state index in [4.69, 9.17) is 16.3 Å². The van der Waals surface area contributed by atoms with Crippen molar-refractivity contribution in [3.05, 3.63) is 46.9 Å². The second kappa shape index (κ2) is 6.34. The van der Waals surface area contributed by atoms with Crippen molar-refractivity contribution in [2.45, 2.75) is 13.8 Å². The van der Waals surface area contributed by atoms with Crippen LogP contribution in [-0.2, 0) is 0 Å². The van der Waals surface area contributed by atoms with E-state index >= 15 is 0 Å². The van der Waals surface area contributed by atoms with Crippen molar-refractivity contribution in [1.29, 1.82) is 0 Å². The Hall–Kier alpha value is -2.14. The summed E-state index contributed by atoms with van der Waals surface area (Å²) in [4.78, 5) is 20.2. The van der Waals surface area contributed by atoms with Gasteiger partial charge in [0.1, 0.15) is 5.15 Å². The number of ether oxygens (including phenoxy) is 1. The average Bonchev–Trinajstić information content (AvgIpc) is 2.40. The monoisotopic (exact) mass is 291 g/mol.